The third-order valence-corrected chi connectivity index (χ3v) is 5.90. The predicted molar refractivity (Wildman–Crippen MR) is 108 cm³/mol. The first-order valence-electron chi connectivity index (χ1n) is 9.65. The van der Waals surface area contributed by atoms with Crippen LogP contribution >= 0.6 is 0 Å². The summed E-state index contributed by atoms with van der Waals surface area (Å²) >= 11 is 0. The zero-order valence-corrected chi connectivity index (χ0v) is 16.2. The lowest BCUT2D eigenvalue weighted by Gasteiger charge is -2.48. The number of pyridine rings is 1. The van der Waals surface area contributed by atoms with Gasteiger partial charge in [-0.2, -0.15) is 10.1 Å². The van der Waals surface area contributed by atoms with E-state index in [1.54, 1.807) is 22.5 Å². The number of rotatable bonds is 3. The highest BCUT2D eigenvalue weighted by molar-refractivity contribution is 5.74. The quantitative estimate of drug-likeness (QED) is 0.637. The van der Waals surface area contributed by atoms with Crippen LogP contribution in [0.3, 0.4) is 0 Å². The highest BCUT2D eigenvalue weighted by atomic mass is 16.1. The van der Waals surface area contributed by atoms with Gasteiger partial charge in [-0.15, -0.1) is 0 Å². The number of anilines is 2. The Balaban J connectivity index is 1.25. The van der Waals surface area contributed by atoms with Gasteiger partial charge in [-0.25, -0.2) is 4.98 Å². The summed E-state index contributed by atoms with van der Waals surface area (Å²) in [5, 5.41) is 4.73. The van der Waals surface area contributed by atoms with Crippen molar-refractivity contribution in [3.05, 3.63) is 40.9 Å². The van der Waals surface area contributed by atoms with Crippen molar-refractivity contribution in [2.75, 3.05) is 49.1 Å². The lowest BCUT2D eigenvalue weighted by atomic mass is 10.1. The summed E-state index contributed by atoms with van der Waals surface area (Å²) in [7, 11) is 3.61. The maximum Gasteiger partial charge on any atom is 0.265 e. The molecule has 28 heavy (non-hydrogen) atoms. The third-order valence-electron chi connectivity index (χ3n) is 5.90. The van der Waals surface area contributed by atoms with Crippen LogP contribution in [-0.4, -0.2) is 74.5 Å². The molecule has 9 nitrogen and oxygen atoms in total. The second kappa shape index (κ2) is 6.59. The molecule has 2 aliphatic rings. The van der Waals surface area contributed by atoms with Crippen LogP contribution in [0.2, 0.25) is 0 Å². The van der Waals surface area contributed by atoms with Crippen LogP contribution in [0, 0.1) is 0 Å². The van der Waals surface area contributed by atoms with Crippen LogP contribution in [0.5, 0.6) is 0 Å². The van der Waals surface area contributed by atoms with Crippen molar-refractivity contribution in [2.24, 2.45) is 14.1 Å². The van der Waals surface area contributed by atoms with Crippen LogP contribution in [0.25, 0.3) is 11.0 Å². The van der Waals surface area contributed by atoms with Gasteiger partial charge in [-0.3, -0.25) is 18.9 Å². The predicted octanol–water partition coefficient (Wildman–Crippen LogP) is 0.0728. The van der Waals surface area contributed by atoms with Crippen LogP contribution in [0.1, 0.15) is 0 Å². The van der Waals surface area contributed by atoms with Crippen molar-refractivity contribution >= 4 is 22.8 Å². The molecule has 0 N–H and O–H groups in total. The van der Waals surface area contributed by atoms with E-state index < -0.39 is 0 Å². The van der Waals surface area contributed by atoms with Crippen molar-refractivity contribution in [1.29, 1.82) is 0 Å². The van der Waals surface area contributed by atoms with Crippen LogP contribution in [-0.2, 0) is 14.1 Å². The van der Waals surface area contributed by atoms with Crippen LogP contribution in [0.15, 0.2) is 35.4 Å². The molecule has 2 fully saturated rings. The molecule has 9 heteroatoms. The first-order valence-corrected chi connectivity index (χ1v) is 9.65. The molecule has 0 spiro atoms. The van der Waals surface area contributed by atoms with Crippen molar-refractivity contribution in [2.45, 2.75) is 6.04 Å². The highest BCUT2D eigenvalue weighted by Crippen LogP contribution is 2.24. The van der Waals surface area contributed by atoms with E-state index in [2.05, 4.69) is 30.8 Å². The molecule has 3 aromatic rings. The van der Waals surface area contributed by atoms with E-state index >= 15 is 0 Å². The lowest BCUT2D eigenvalue weighted by molar-refractivity contribution is 0.155. The Morgan fingerprint density at radius 2 is 1.82 bits per heavy atom. The standard InChI is InChI=1S/C19H24N8O/c1-23-18(28)15-11-21-24(2)17(15)22-19(23)27-12-14(13-27)25-7-9-26(10-8-25)16-5-3-4-6-20-16/h3-6,11,14H,7-10,12-13H2,1-2H3. The molecule has 5 heterocycles. The zero-order valence-electron chi connectivity index (χ0n) is 16.2. The summed E-state index contributed by atoms with van der Waals surface area (Å²) in [6.45, 7) is 5.83. The molecule has 0 bridgehead atoms. The van der Waals surface area contributed by atoms with Crippen LogP contribution in [0.4, 0.5) is 11.8 Å². The largest absolute Gasteiger partial charge is 0.354 e. The molecule has 3 aromatic heterocycles. The third kappa shape index (κ3) is 2.73. The van der Waals surface area contributed by atoms with Gasteiger partial charge in [0.25, 0.3) is 5.56 Å². The Hall–Kier alpha value is -2.94. The first kappa shape index (κ1) is 17.2. The molecular weight excluding hydrogens is 356 g/mol. The van der Waals surface area contributed by atoms with Gasteiger partial charge < -0.3 is 9.80 Å². The van der Waals surface area contributed by atoms with Gasteiger partial charge in [0, 0.05) is 65.6 Å². The van der Waals surface area contributed by atoms with E-state index in [9.17, 15) is 4.79 Å². The molecule has 2 saturated heterocycles. The molecule has 0 atom stereocenters. The number of piperazine rings is 1. The van der Waals surface area contributed by atoms with Gasteiger partial charge in [0.2, 0.25) is 5.95 Å². The molecule has 0 unspecified atom stereocenters. The minimum Gasteiger partial charge on any atom is -0.354 e. The fourth-order valence-electron chi connectivity index (χ4n) is 4.15. The zero-order chi connectivity index (χ0) is 19.3. The van der Waals surface area contributed by atoms with Crippen molar-refractivity contribution in [3.8, 4) is 0 Å². The Morgan fingerprint density at radius 1 is 1.04 bits per heavy atom. The second-order valence-corrected chi connectivity index (χ2v) is 7.55. The van der Waals surface area contributed by atoms with Gasteiger partial charge >= 0.3 is 0 Å². The average Bonchev–Trinajstić information content (AvgIpc) is 3.06. The monoisotopic (exact) mass is 380 g/mol. The Bertz CT molecular complexity index is 1040. The molecular formula is C19H24N8O. The summed E-state index contributed by atoms with van der Waals surface area (Å²) in [5.74, 6) is 1.78. The average molecular weight is 380 g/mol. The lowest BCUT2D eigenvalue weighted by Crippen LogP contribution is -2.64. The Kier molecular flexibility index (Phi) is 4.04. The van der Waals surface area contributed by atoms with Crippen molar-refractivity contribution in [1.82, 2.24) is 29.2 Å². The van der Waals surface area contributed by atoms with E-state index in [4.69, 9.17) is 4.98 Å². The Morgan fingerprint density at radius 3 is 2.54 bits per heavy atom. The summed E-state index contributed by atoms with van der Waals surface area (Å²) < 4.78 is 3.30. The van der Waals surface area contributed by atoms with Gasteiger partial charge in [0.05, 0.1) is 6.20 Å². The van der Waals surface area contributed by atoms with Gasteiger partial charge in [-0.1, -0.05) is 6.07 Å². The molecule has 0 radical (unpaired) electrons. The molecule has 0 saturated carbocycles. The first-order chi connectivity index (χ1) is 13.6. The van der Waals surface area contributed by atoms with E-state index in [1.807, 2.05) is 25.4 Å². The maximum absolute atomic E-state index is 12.6. The van der Waals surface area contributed by atoms with Gasteiger partial charge in [-0.05, 0) is 12.1 Å². The molecule has 0 aliphatic carbocycles. The number of aryl methyl sites for hydroxylation is 1. The van der Waals surface area contributed by atoms with E-state index in [-0.39, 0.29) is 5.56 Å². The smallest absolute Gasteiger partial charge is 0.265 e. The highest BCUT2D eigenvalue weighted by Gasteiger charge is 2.35. The molecule has 2 aliphatic heterocycles. The number of nitrogens with zero attached hydrogens (tertiary/aromatic N) is 8. The topological polar surface area (TPSA) is 75.3 Å². The molecule has 0 amide bonds. The van der Waals surface area contributed by atoms with Gasteiger partial charge in [0.1, 0.15) is 11.2 Å². The number of fused-ring (bicyclic) bond motifs is 1. The van der Waals surface area contributed by atoms with E-state index in [0.717, 1.165) is 51.0 Å². The number of aromatic nitrogens is 5. The van der Waals surface area contributed by atoms with E-state index in [0.29, 0.717) is 17.1 Å². The maximum atomic E-state index is 12.6. The van der Waals surface area contributed by atoms with Gasteiger partial charge in [0.15, 0.2) is 5.65 Å². The minimum absolute atomic E-state index is 0.0412. The normalized spacial score (nSPS) is 18.6. The van der Waals surface area contributed by atoms with Crippen molar-refractivity contribution < 1.29 is 0 Å². The Labute approximate surface area is 162 Å². The van der Waals surface area contributed by atoms with Crippen molar-refractivity contribution in [3.63, 3.8) is 0 Å². The fourth-order valence-corrected chi connectivity index (χ4v) is 4.15. The second-order valence-electron chi connectivity index (χ2n) is 7.55. The van der Waals surface area contributed by atoms with Crippen LogP contribution < -0.4 is 15.4 Å². The van der Waals surface area contributed by atoms with E-state index in [1.165, 1.54) is 0 Å². The SMILES string of the molecule is Cn1c(N2CC(N3CCN(c4ccccn4)CC3)C2)nc2c(cnn2C)c1=O. The molecule has 0 aromatic carbocycles. The molecule has 146 valence electrons. The summed E-state index contributed by atoms with van der Waals surface area (Å²) in [4.78, 5) is 28.8. The number of hydrogen-bond acceptors (Lipinski definition) is 7. The number of hydrogen-bond donors (Lipinski definition) is 0. The fraction of sp³-hybridized carbons (Fsp3) is 0.474. The summed E-state index contributed by atoms with van der Waals surface area (Å²) in [6, 6.07) is 6.56. The summed E-state index contributed by atoms with van der Waals surface area (Å²) in [6.07, 6.45) is 3.44. The molecule has 5 rings (SSSR count). The minimum atomic E-state index is -0.0412. The summed E-state index contributed by atoms with van der Waals surface area (Å²) in [5.41, 5.74) is 0.603.